The lowest BCUT2D eigenvalue weighted by Gasteiger charge is -2.03. The van der Waals surface area contributed by atoms with Crippen LogP contribution in [0.25, 0.3) is 0 Å². The van der Waals surface area contributed by atoms with E-state index in [1.165, 1.54) is 0 Å². The number of hydrogen-bond acceptors (Lipinski definition) is 3. The van der Waals surface area contributed by atoms with E-state index < -0.39 is 9.84 Å². The zero-order valence-corrected chi connectivity index (χ0v) is 13.1. The van der Waals surface area contributed by atoms with Crippen LogP contribution in [0.3, 0.4) is 0 Å². The Labute approximate surface area is 121 Å². The Kier molecular flexibility index (Phi) is 4.35. The highest BCUT2D eigenvalue weighted by Crippen LogP contribution is 2.38. The highest BCUT2D eigenvalue weighted by Gasteiger charge is 2.46. The molecule has 0 N–H and O–H groups in total. The molecule has 0 radical (unpaired) electrons. The average Bonchev–Trinajstić information content (AvgIpc) is 3.03. The van der Waals surface area contributed by atoms with Crippen LogP contribution in [0.5, 0.6) is 0 Å². The summed E-state index contributed by atoms with van der Waals surface area (Å²) in [6.45, 7) is 6.14. The first-order valence-electron chi connectivity index (χ1n) is 6.92. The number of benzene rings is 1. The monoisotopic (exact) mass is 294 g/mol. The quantitative estimate of drug-likeness (QED) is 0.597. The van der Waals surface area contributed by atoms with Crippen molar-refractivity contribution in [3.05, 3.63) is 42.0 Å². The summed E-state index contributed by atoms with van der Waals surface area (Å²) >= 11 is 0. The van der Waals surface area contributed by atoms with Crippen molar-refractivity contribution in [3.8, 4) is 0 Å². The third-order valence-electron chi connectivity index (χ3n) is 3.72. The molecule has 0 aliphatic carbocycles. The molecule has 1 atom stereocenters. The van der Waals surface area contributed by atoms with Crippen LogP contribution in [-0.4, -0.2) is 25.9 Å². The number of allylic oxidation sites excluding steroid dienone is 1. The minimum Gasteiger partial charge on any atom is -0.367 e. The van der Waals surface area contributed by atoms with Crippen molar-refractivity contribution in [2.75, 3.05) is 5.75 Å². The molecule has 1 heterocycles. The fourth-order valence-electron chi connectivity index (χ4n) is 2.18. The lowest BCUT2D eigenvalue weighted by atomic mass is 10.0. The summed E-state index contributed by atoms with van der Waals surface area (Å²) in [6, 6.07) is 8.58. The van der Waals surface area contributed by atoms with E-state index in [2.05, 4.69) is 13.8 Å². The molecule has 2 rings (SSSR count). The zero-order chi connectivity index (χ0) is 14.8. The van der Waals surface area contributed by atoms with Gasteiger partial charge in [-0.2, -0.15) is 0 Å². The topological polar surface area (TPSA) is 46.7 Å². The molecular weight excluding hydrogens is 272 g/mol. The minimum atomic E-state index is -3.21. The summed E-state index contributed by atoms with van der Waals surface area (Å²) < 4.78 is 29.8. The first-order chi connectivity index (χ1) is 9.31. The smallest absolute Gasteiger partial charge is 0.181 e. The molecule has 1 fully saturated rings. The fraction of sp³-hybridized carbons (Fsp3) is 0.500. The maximum absolute atomic E-state index is 12.1. The number of hydrogen-bond donors (Lipinski definition) is 0. The second-order valence-corrected chi connectivity index (χ2v) is 7.93. The number of rotatable bonds is 6. The van der Waals surface area contributed by atoms with E-state index in [9.17, 15) is 8.42 Å². The van der Waals surface area contributed by atoms with Crippen LogP contribution < -0.4 is 0 Å². The normalized spacial score (nSPS) is 21.8. The van der Waals surface area contributed by atoms with Crippen LogP contribution in [0.15, 0.2) is 46.9 Å². The van der Waals surface area contributed by atoms with Gasteiger partial charge in [-0.1, -0.05) is 29.8 Å². The molecule has 1 saturated heterocycles. The molecule has 0 saturated carbocycles. The molecule has 0 bridgehead atoms. The number of epoxide rings is 1. The van der Waals surface area contributed by atoms with E-state index in [0.29, 0.717) is 11.0 Å². The Hall–Kier alpha value is -1.13. The average molecular weight is 294 g/mol. The molecule has 1 aliphatic heterocycles. The molecule has 1 unspecified atom stereocenters. The van der Waals surface area contributed by atoms with Crippen LogP contribution >= 0.6 is 0 Å². The molecule has 1 aliphatic rings. The molecule has 4 heteroatoms. The van der Waals surface area contributed by atoms with Gasteiger partial charge in [-0.05, 0) is 45.7 Å². The molecule has 0 amide bonds. The van der Waals surface area contributed by atoms with Crippen LogP contribution in [0.1, 0.15) is 33.6 Å². The van der Waals surface area contributed by atoms with E-state index in [1.807, 2.05) is 19.1 Å². The summed E-state index contributed by atoms with van der Waals surface area (Å²) in [7, 11) is -3.21. The molecule has 0 aromatic heterocycles. The van der Waals surface area contributed by atoms with Crippen LogP contribution in [0, 0.1) is 0 Å². The molecule has 3 nitrogen and oxygen atoms in total. The maximum Gasteiger partial charge on any atom is 0.181 e. The fourth-order valence-corrected chi connectivity index (χ4v) is 3.44. The van der Waals surface area contributed by atoms with E-state index in [1.54, 1.807) is 24.3 Å². The summed E-state index contributed by atoms with van der Waals surface area (Å²) in [5.74, 6) is 0.0672. The summed E-state index contributed by atoms with van der Waals surface area (Å²) in [6.07, 6.45) is 3.98. The minimum absolute atomic E-state index is 0.0103. The maximum atomic E-state index is 12.1. The van der Waals surface area contributed by atoms with E-state index in [-0.39, 0.29) is 11.4 Å². The van der Waals surface area contributed by atoms with Gasteiger partial charge in [0.25, 0.3) is 0 Å². The third kappa shape index (κ3) is 3.93. The lowest BCUT2D eigenvalue weighted by molar-refractivity contribution is 0.320. The van der Waals surface area contributed by atoms with Gasteiger partial charge < -0.3 is 4.74 Å². The van der Waals surface area contributed by atoms with Gasteiger partial charge in [0.2, 0.25) is 0 Å². The van der Waals surface area contributed by atoms with Gasteiger partial charge in [-0.3, -0.25) is 0 Å². The second-order valence-electron chi connectivity index (χ2n) is 5.89. The molecule has 110 valence electrons. The molecular formula is C16H22O3S. The van der Waals surface area contributed by atoms with Crippen molar-refractivity contribution in [2.45, 2.75) is 50.2 Å². The Morgan fingerprint density at radius 3 is 2.45 bits per heavy atom. The standard InChI is InChI=1S/C16H22O3S/c1-13(9-10-15-16(2,3)19-15)11-12-20(17,18)14-7-5-4-6-8-14/h4-8,11,15H,9-10,12H2,1-3H3/b13-11+. The van der Waals surface area contributed by atoms with Crippen molar-refractivity contribution in [2.24, 2.45) is 0 Å². The van der Waals surface area contributed by atoms with Crippen molar-refractivity contribution in [1.29, 1.82) is 0 Å². The second kappa shape index (κ2) is 5.70. The first kappa shape index (κ1) is 15.3. The Morgan fingerprint density at radius 1 is 1.30 bits per heavy atom. The Bertz CT molecular complexity index is 585. The SMILES string of the molecule is C/C(=C\CS(=O)(=O)c1ccccc1)CCC1OC1(C)C. The van der Waals surface area contributed by atoms with Gasteiger partial charge >= 0.3 is 0 Å². The van der Waals surface area contributed by atoms with Crippen LogP contribution in [0.4, 0.5) is 0 Å². The van der Waals surface area contributed by atoms with E-state index in [0.717, 1.165) is 18.4 Å². The van der Waals surface area contributed by atoms with Gasteiger partial charge in [-0.15, -0.1) is 0 Å². The zero-order valence-electron chi connectivity index (χ0n) is 12.3. The molecule has 1 aromatic rings. The van der Waals surface area contributed by atoms with Gasteiger partial charge in [0.1, 0.15) is 0 Å². The van der Waals surface area contributed by atoms with Gasteiger partial charge in [0.15, 0.2) is 9.84 Å². The van der Waals surface area contributed by atoms with Crippen molar-refractivity contribution < 1.29 is 13.2 Å². The van der Waals surface area contributed by atoms with Crippen molar-refractivity contribution in [1.82, 2.24) is 0 Å². The summed E-state index contributed by atoms with van der Waals surface area (Å²) in [5, 5.41) is 0. The highest BCUT2D eigenvalue weighted by atomic mass is 32.2. The number of ether oxygens (including phenoxy) is 1. The summed E-state index contributed by atoms with van der Waals surface area (Å²) in [4.78, 5) is 0.385. The molecule has 1 aromatic carbocycles. The predicted molar refractivity (Wildman–Crippen MR) is 80.4 cm³/mol. The van der Waals surface area contributed by atoms with Crippen LogP contribution in [0.2, 0.25) is 0 Å². The lowest BCUT2D eigenvalue weighted by Crippen LogP contribution is -2.05. The summed E-state index contributed by atoms with van der Waals surface area (Å²) in [5.41, 5.74) is 1.12. The van der Waals surface area contributed by atoms with Gasteiger partial charge in [0, 0.05) is 0 Å². The highest BCUT2D eigenvalue weighted by molar-refractivity contribution is 7.91. The van der Waals surface area contributed by atoms with E-state index in [4.69, 9.17) is 4.74 Å². The first-order valence-corrected chi connectivity index (χ1v) is 8.58. The Morgan fingerprint density at radius 2 is 1.90 bits per heavy atom. The molecule has 20 heavy (non-hydrogen) atoms. The van der Waals surface area contributed by atoms with Crippen LogP contribution in [-0.2, 0) is 14.6 Å². The predicted octanol–water partition coefficient (Wildman–Crippen LogP) is 3.36. The van der Waals surface area contributed by atoms with Gasteiger partial charge in [-0.25, -0.2) is 8.42 Å². The number of sulfone groups is 1. The van der Waals surface area contributed by atoms with Crippen molar-refractivity contribution >= 4 is 9.84 Å². The van der Waals surface area contributed by atoms with Gasteiger partial charge in [0.05, 0.1) is 22.4 Å². The largest absolute Gasteiger partial charge is 0.367 e. The molecule has 0 spiro atoms. The van der Waals surface area contributed by atoms with E-state index >= 15 is 0 Å². The Balaban J connectivity index is 1.88. The third-order valence-corrected chi connectivity index (χ3v) is 5.31. The van der Waals surface area contributed by atoms with Crippen molar-refractivity contribution in [3.63, 3.8) is 0 Å².